The third-order valence-electron chi connectivity index (χ3n) is 4.33. The first-order valence-corrected chi connectivity index (χ1v) is 8.66. The van der Waals surface area contributed by atoms with Gasteiger partial charge in [-0.2, -0.15) is 0 Å². The number of methoxy groups -OCH3 is 1. The van der Waals surface area contributed by atoms with Crippen LogP contribution >= 0.6 is 0 Å². The molecule has 0 aliphatic rings. The van der Waals surface area contributed by atoms with Crippen molar-refractivity contribution in [3.63, 3.8) is 0 Å². The number of aromatic nitrogens is 2. The van der Waals surface area contributed by atoms with Crippen molar-refractivity contribution in [3.05, 3.63) is 81.0 Å². The summed E-state index contributed by atoms with van der Waals surface area (Å²) in [7, 11) is 1.53. The molecule has 1 amide bonds. The molecule has 0 aliphatic carbocycles. The fourth-order valence-corrected chi connectivity index (χ4v) is 2.99. The summed E-state index contributed by atoms with van der Waals surface area (Å²) in [6.07, 6.45) is 0.223. The number of nitrogens with one attached hydrogen (secondary N) is 2. The quantitative estimate of drug-likeness (QED) is 0.615. The topological polar surface area (TPSA) is 93.2 Å². The van der Waals surface area contributed by atoms with Gasteiger partial charge in [-0.1, -0.05) is 42.5 Å². The monoisotopic (exact) mass is 367 g/mol. The van der Waals surface area contributed by atoms with Crippen LogP contribution in [0, 0.1) is 0 Å². The van der Waals surface area contributed by atoms with Crippen molar-refractivity contribution in [2.24, 2.45) is 0 Å². The molecule has 7 heteroatoms. The van der Waals surface area contributed by atoms with Crippen molar-refractivity contribution in [2.75, 3.05) is 20.3 Å². The van der Waals surface area contributed by atoms with Crippen molar-refractivity contribution < 1.29 is 9.53 Å². The number of H-pyrrole nitrogens is 1. The van der Waals surface area contributed by atoms with Crippen LogP contribution < -0.4 is 16.6 Å². The number of hydrogen-bond acceptors (Lipinski definition) is 4. The van der Waals surface area contributed by atoms with Crippen LogP contribution in [0.3, 0.4) is 0 Å². The average molecular weight is 367 g/mol. The molecule has 0 fully saturated rings. The van der Waals surface area contributed by atoms with Gasteiger partial charge in [0, 0.05) is 20.1 Å². The lowest BCUT2D eigenvalue weighted by Crippen LogP contribution is -2.46. The normalized spacial score (nSPS) is 12.0. The van der Waals surface area contributed by atoms with Crippen molar-refractivity contribution in [1.29, 1.82) is 0 Å². The van der Waals surface area contributed by atoms with E-state index < -0.39 is 23.2 Å². The van der Waals surface area contributed by atoms with Crippen LogP contribution in [-0.2, 0) is 16.0 Å². The molecular weight excluding hydrogens is 346 g/mol. The molecule has 140 valence electrons. The maximum Gasteiger partial charge on any atom is 0.329 e. The highest BCUT2D eigenvalue weighted by Crippen LogP contribution is 2.13. The summed E-state index contributed by atoms with van der Waals surface area (Å²) in [5, 5.41) is 3.09. The van der Waals surface area contributed by atoms with E-state index in [0.717, 1.165) is 10.1 Å². The summed E-state index contributed by atoms with van der Waals surface area (Å²) in [5.41, 5.74) is 0.199. The highest BCUT2D eigenvalue weighted by Gasteiger charge is 2.25. The van der Waals surface area contributed by atoms with Gasteiger partial charge in [-0.15, -0.1) is 0 Å². The van der Waals surface area contributed by atoms with Crippen LogP contribution in [0.15, 0.2) is 64.2 Å². The van der Waals surface area contributed by atoms with Crippen molar-refractivity contribution in [1.82, 2.24) is 14.9 Å². The van der Waals surface area contributed by atoms with Gasteiger partial charge in [0.05, 0.1) is 17.5 Å². The number of nitrogens with zero attached hydrogens (tertiary/aromatic N) is 1. The predicted molar refractivity (Wildman–Crippen MR) is 103 cm³/mol. The van der Waals surface area contributed by atoms with Gasteiger partial charge in [-0.05, 0) is 17.7 Å². The zero-order valence-electron chi connectivity index (χ0n) is 15.0. The minimum Gasteiger partial charge on any atom is -0.383 e. The molecule has 3 rings (SSSR count). The van der Waals surface area contributed by atoms with Gasteiger partial charge in [0.2, 0.25) is 5.91 Å². The van der Waals surface area contributed by atoms with Gasteiger partial charge < -0.3 is 15.0 Å². The minimum atomic E-state index is -0.967. The SMILES string of the molecule is COCCNC(=O)[C@H](Cc1ccccc1)n1c(=O)[nH]c2ccccc2c1=O. The van der Waals surface area contributed by atoms with Crippen LogP contribution in [-0.4, -0.2) is 35.7 Å². The molecule has 2 aromatic carbocycles. The second-order valence-corrected chi connectivity index (χ2v) is 6.14. The number of amides is 1. The van der Waals surface area contributed by atoms with Crippen molar-refractivity contribution in [2.45, 2.75) is 12.5 Å². The Balaban J connectivity index is 2.07. The summed E-state index contributed by atoms with van der Waals surface area (Å²) in [4.78, 5) is 41.1. The van der Waals surface area contributed by atoms with Crippen molar-refractivity contribution in [3.8, 4) is 0 Å². The second kappa shape index (κ2) is 8.46. The zero-order valence-corrected chi connectivity index (χ0v) is 15.0. The van der Waals surface area contributed by atoms with E-state index in [1.807, 2.05) is 30.3 Å². The smallest absolute Gasteiger partial charge is 0.329 e. The summed E-state index contributed by atoms with van der Waals surface area (Å²) < 4.78 is 5.95. The first kappa shape index (κ1) is 18.6. The van der Waals surface area contributed by atoms with Gasteiger partial charge in [-0.25, -0.2) is 9.36 Å². The molecule has 0 radical (unpaired) electrons. The molecule has 1 atom stereocenters. The van der Waals surface area contributed by atoms with E-state index in [0.29, 0.717) is 24.1 Å². The maximum absolute atomic E-state index is 13.0. The number of benzene rings is 2. The summed E-state index contributed by atoms with van der Waals surface area (Å²) >= 11 is 0. The summed E-state index contributed by atoms with van der Waals surface area (Å²) in [6.45, 7) is 0.633. The molecular formula is C20H21N3O4. The molecule has 0 saturated heterocycles. The number of carbonyl (C=O) groups is 1. The van der Waals surface area contributed by atoms with Crippen LogP contribution in [0.2, 0.25) is 0 Å². The van der Waals surface area contributed by atoms with Gasteiger partial charge >= 0.3 is 5.69 Å². The fraction of sp³-hybridized carbons (Fsp3) is 0.250. The third-order valence-corrected chi connectivity index (χ3v) is 4.33. The molecule has 1 aromatic heterocycles. The number of carbonyl (C=O) groups excluding carboxylic acids is 1. The van der Waals surface area contributed by atoms with Crippen LogP contribution in [0.25, 0.3) is 10.9 Å². The lowest BCUT2D eigenvalue weighted by atomic mass is 10.0. The van der Waals surface area contributed by atoms with Crippen molar-refractivity contribution >= 4 is 16.8 Å². The van der Waals surface area contributed by atoms with E-state index >= 15 is 0 Å². The Morgan fingerprint density at radius 2 is 1.81 bits per heavy atom. The number of hydrogen-bond donors (Lipinski definition) is 2. The summed E-state index contributed by atoms with van der Waals surface area (Å²) in [5.74, 6) is -0.404. The van der Waals surface area contributed by atoms with Gasteiger partial charge in [-0.3, -0.25) is 9.59 Å². The average Bonchev–Trinajstić information content (AvgIpc) is 2.68. The van der Waals surface area contributed by atoms with E-state index in [2.05, 4.69) is 10.3 Å². The molecule has 0 unspecified atom stereocenters. The number of rotatable bonds is 7. The lowest BCUT2D eigenvalue weighted by Gasteiger charge is -2.19. The largest absolute Gasteiger partial charge is 0.383 e. The Hall–Kier alpha value is -3.19. The molecule has 0 bridgehead atoms. The lowest BCUT2D eigenvalue weighted by molar-refractivity contribution is -0.124. The Morgan fingerprint density at radius 3 is 2.56 bits per heavy atom. The fourth-order valence-electron chi connectivity index (χ4n) is 2.99. The van der Waals surface area contributed by atoms with E-state index in [1.54, 1.807) is 24.3 Å². The second-order valence-electron chi connectivity index (χ2n) is 6.14. The number of ether oxygens (including phenoxy) is 1. The Labute approximate surface area is 155 Å². The van der Waals surface area contributed by atoms with E-state index in [4.69, 9.17) is 4.74 Å². The molecule has 0 saturated carbocycles. The first-order valence-electron chi connectivity index (χ1n) is 8.66. The maximum atomic E-state index is 13.0. The molecule has 7 nitrogen and oxygen atoms in total. The molecule has 27 heavy (non-hydrogen) atoms. The van der Waals surface area contributed by atoms with Gasteiger partial charge in [0.15, 0.2) is 0 Å². The van der Waals surface area contributed by atoms with Crippen LogP contribution in [0.4, 0.5) is 0 Å². The van der Waals surface area contributed by atoms with E-state index in [-0.39, 0.29) is 6.42 Å². The molecule has 0 spiro atoms. The predicted octanol–water partition coefficient (Wildman–Crippen LogP) is 1.24. The highest BCUT2D eigenvalue weighted by molar-refractivity contribution is 5.82. The molecule has 1 heterocycles. The van der Waals surface area contributed by atoms with Crippen LogP contribution in [0.5, 0.6) is 0 Å². The molecule has 3 aromatic rings. The third kappa shape index (κ3) is 4.15. The van der Waals surface area contributed by atoms with E-state index in [9.17, 15) is 14.4 Å². The molecule has 0 aliphatic heterocycles. The summed E-state index contributed by atoms with van der Waals surface area (Å²) in [6, 6.07) is 15.1. The standard InChI is InChI=1S/C20H21N3O4/c1-27-12-11-21-18(24)17(13-14-7-3-2-4-8-14)23-19(25)15-9-5-6-10-16(15)22-20(23)26/h2-10,17H,11-13H2,1H3,(H,21,24)(H,22,26)/t17-/m0/s1. The Kier molecular flexibility index (Phi) is 5.83. The number of para-hydroxylation sites is 1. The number of aromatic amines is 1. The highest BCUT2D eigenvalue weighted by atomic mass is 16.5. The number of fused-ring (bicyclic) bond motifs is 1. The minimum absolute atomic E-state index is 0.223. The van der Waals surface area contributed by atoms with Gasteiger partial charge in [0.25, 0.3) is 5.56 Å². The Morgan fingerprint density at radius 1 is 1.11 bits per heavy atom. The first-order chi connectivity index (χ1) is 13.1. The Bertz CT molecular complexity index is 1040. The van der Waals surface area contributed by atoms with Crippen LogP contribution in [0.1, 0.15) is 11.6 Å². The van der Waals surface area contributed by atoms with E-state index in [1.165, 1.54) is 7.11 Å². The van der Waals surface area contributed by atoms with Gasteiger partial charge in [0.1, 0.15) is 6.04 Å². The zero-order chi connectivity index (χ0) is 19.2. The molecule has 2 N–H and O–H groups in total.